The maximum atomic E-state index is 11.4. The van der Waals surface area contributed by atoms with Gasteiger partial charge in [0, 0.05) is 32.6 Å². The van der Waals surface area contributed by atoms with Crippen molar-refractivity contribution < 1.29 is 9.53 Å². The van der Waals surface area contributed by atoms with E-state index < -0.39 is 0 Å². The zero-order valence-electron chi connectivity index (χ0n) is 9.41. The van der Waals surface area contributed by atoms with Gasteiger partial charge in [0.1, 0.15) is 0 Å². The van der Waals surface area contributed by atoms with E-state index in [1.165, 1.54) is 0 Å². The Morgan fingerprint density at radius 3 is 2.73 bits per heavy atom. The van der Waals surface area contributed by atoms with Gasteiger partial charge in [-0.25, -0.2) is 0 Å². The van der Waals surface area contributed by atoms with Crippen LogP contribution in [0.3, 0.4) is 0 Å². The number of nitrogens with one attached hydrogen (secondary N) is 1. The number of hydrogen-bond acceptors (Lipinski definition) is 3. The van der Waals surface area contributed by atoms with Crippen LogP contribution in [0.15, 0.2) is 0 Å². The molecule has 3 N–H and O–H groups in total. The molecule has 0 aromatic heterocycles. The molecule has 0 aromatic carbocycles. The van der Waals surface area contributed by atoms with E-state index in [4.69, 9.17) is 22.7 Å². The van der Waals surface area contributed by atoms with Gasteiger partial charge in [-0.3, -0.25) is 4.79 Å². The minimum absolute atomic E-state index is 0.0372. The highest BCUT2D eigenvalue weighted by Crippen LogP contribution is 1.99. The second-order valence-corrected chi connectivity index (χ2v) is 3.96. The summed E-state index contributed by atoms with van der Waals surface area (Å²) in [5, 5.41) is 2.89. The lowest BCUT2D eigenvalue weighted by molar-refractivity contribution is -0.122. The van der Waals surface area contributed by atoms with Gasteiger partial charge in [0.2, 0.25) is 5.91 Å². The van der Waals surface area contributed by atoms with Gasteiger partial charge in [0.25, 0.3) is 0 Å². The highest BCUT2D eigenvalue weighted by molar-refractivity contribution is 7.80. The minimum atomic E-state index is 0.0372. The quantitative estimate of drug-likeness (QED) is 0.484. The highest BCUT2D eigenvalue weighted by atomic mass is 32.1. The topological polar surface area (TPSA) is 64.3 Å². The third-order valence-corrected chi connectivity index (χ3v) is 2.22. The van der Waals surface area contributed by atoms with Crippen LogP contribution in [-0.4, -0.2) is 30.7 Å². The summed E-state index contributed by atoms with van der Waals surface area (Å²) in [7, 11) is 1.62. The number of amides is 1. The van der Waals surface area contributed by atoms with E-state index in [0.717, 1.165) is 12.8 Å². The third kappa shape index (κ3) is 8.32. The van der Waals surface area contributed by atoms with Crippen LogP contribution in [0.5, 0.6) is 0 Å². The molecule has 0 radical (unpaired) electrons. The van der Waals surface area contributed by atoms with E-state index in [0.29, 0.717) is 24.4 Å². The summed E-state index contributed by atoms with van der Waals surface area (Å²) in [5.74, 6) is 0.0372. The summed E-state index contributed by atoms with van der Waals surface area (Å²) in [4.78, 5) is 11.9. The van der Waals surface area contributed by atoms with Crippen molar-refractivity contribution >= 4 is 23.1 Å². The fraction of sp³-hybridized carbons (Fsp3) is 0.800. The lowest BCUT2D eigenvalue weighted by Gasteiger charge is -2.15. The second kappa shape index (κ2) is 8.61. The highest BCUT2D eigenvalue weighted by Gasteiger charge is 2.10. The molecule has 0 aliphatic rings. The molecule has 0 fully saturated rings. The van der Waals surface area contributed by atoms with Gasteiger partial charge in [-0.1, -0.05) is 19.1 Å². The van der Waals surface area contributed by atoms with Crippen LogP contribution < -0.4 is 11.1 Å². The van der Waals surface area contributed by atoms with Crippen LogP contribution >= 0.6 is 12.2 Å². The molecule has 4 nitrogen and oxygen atoms in total. The SMILES string of the molecule is CCC(CC(N)=S)NC(=O)CCCOC. The van der Waals surface area contributed by atoms with Crippen molar-refractivity contribution in [1.29, 1.82) is 0 Å². The Labute approximate surface area is 96.5 Å². The maximum absolute atomic E-state index is 11.4. The van der Waals surface area contributed by atoms with Crippen molar-refractivity contribution in [2.75, 3.05) is 13.7 Å². The monoisotopic (exact) mass is 232 g/mol. The molecule has 0 saturated heterocycles. The van der Waals surface area contributed by atoms with E-state index in [9.17, 15) is 4.79 Å². The lowest BCUT2D eigenvalue weighted by Crippen LogP contribution is -2.37. The van der Waals surface area contributed by atoms with Crippen molar-refractivity contribution in [2.45, 2.75) is 38.6 Å². The number of carbonyl (C=O) groups is 1. The zero-order chi connectivity index (χ0) is 11.7. The van der Waals surface area contributed by atoms with Crippen LogP contribution in [0.25, 0.3) is 0 Å². The smallest absolute Gasteiger partial charge is 0.220 e. The van der Waals surface area contributed by atoms with Crippen LogP contribution in [0.1, 0.15) is 32.6 Å². The van der Waals surface area contributed by atoms with E-state index in [1.54, 1.807) is 7.11 Å². The summed E-state index contributed by atoms with van der Waals surface area (Å²) in [5.41, 5.74) is 5.43. The fourth-order valence-electron chi connectivity index (χ4n) is 1.22. The first kappa shape index (κ1) is 14.3. The van der Waals surface area contributed by atoms with Crippen molar-refractivity contribution in [3.63, 3.8) is 0 Å². The predicted octanol–water partition coefficient (Wildman–Crippen LogP) is 0.984. The van der Waals surface area contributed by atoms with Crippen LogP contribution in [0, 0.1) is 0 Å². The molecule has 0 rings (SSSR count). The summed E-state index contributed by atoms with van der Waals surface area (Å²) in [6, 6.07) is 0.0672. The molecular weight excluding hydrogens is 212 g/mol. The first-order valence-corrected chi connectivity index (χ1v) is 5.57. The Balaban J connectivity index is 3.75. The number of hydrogen-bond donors (Lipinski definition) is 2. The number of carbonyl (C=O) groups excluding carboxylic acids is 1. The van der Waals surface area contributed by atoms with Gasteiger partial charge in [0.05, 0.1) is 4.99 Å². The average molecular weight is 232 g/mol. The van der Waals surface area contributed by atoms with E-state index in [-0.39, 0.29) is 11.9 Å². The Bertz CT molecular complexity index is 210. The zero-order valence-corrected chi connectivity index (χ0v) is 10.2. The van der Waals surface area contributed by atoms with Gasteiger partial charge in [-0.2, -0.15) is 0 Å². The van der Waals surface area contributed by atoms with Crippen molar-refractivity contribution in [1.82, 2.24) is 5.32 Å². The summed E-state index contributed by atoms with van der Waals surface area (Å²) in [6.45, 7) is 2.61. The first-order valence-electron chi connectivity index (χ1n) is 5.16. The number of rotatable bonds is 8. The van der Waals surface area contributed by atoms with E-state index >= 15 is 0 Å². The molecule has 1 amide bonds. The normalized spacial score (nSPS) is 12.1. The summed E-state index contributed by atoms with van der Waals surface area (Å²) in [6.07, 6.45) is 2.64. The van der Waals surface area contributed by atoms with Gasteiger partial charge in [0.15, 0.2) is 0 Å². The lowest BCUT2D eigenvalue weighted by atomic mass is 10.1. The molecule has 5 heteroatoms. The standard InChI is InChI=1S/C10H20N2O2S/c1-3-8(7-9(11)15)12-10(13)5-4-6-14-2/h8H,3-7H2,1-2H3,(H2,11,15)(H,12,13). The Hall–Kier alpha value is -0.680. The second-order valence-electron chi connectivity index (χ2n) is 3.44. The Morgan fingerprint density at radius 2 is 2.27 bits per heavy atom. The Morgan fingerprint density at radius 1 is 1.60 bits per heavy atom. The summed E-state index contributed by atoms with van der Waals surface area (Å²) >= 11 is 4.80. The number of nitrogens with two attached hydrogens (primary N) is 1. The fourth-order valence-corrected chi connectivity index (χ4v) is 1.42. The molecule has 0 heterocycles. The van der Waals surface area contributed by atoms with Crippen molar-refractivity contribution in [3.8, 4) is 0 Å². The number of methoxy groups -OCH3 is 1. The maximum Gasteiger partial charge on any atom is 0.220 e. The van der Waals surface area contributed by atoms with Gasteiger partial charge in [-0.05, 0) is 12.8 Å². The Kier molecular flexibility index (Phi) is 8.22. The van der Waals surface area contributed by atoms with Crippen LogP contribution in [-0.2, 0) is 9.53 Å². The largest absolute Gasteiger partial charge is 0.393 e. The van der Waals surface area contributed by atoms with Gasteiger partial charge < -0.3 is 15.8 Å². The van der Waals surface area contributed by atoms with Gasteiger partial charge >= 0.3 is 0 Å². The van der Waals surface area contributed by atoms with Crippen LogP contribution in [0.2, 0.25) is 0 Å². The van der Waals surface area contributed by atoms with Gasteiger partial charge in [-0.15, -0.1) is 0 Å². The molecule has 1 atom stereocenters. The van der Waals surface area contributed by atoms with E-state index in [2.05, 4.69) is 5.32 Å². The van der Waals surface area contributed by atoms with Crippen LogP contribution in [0.4, 0.5) is 0 Å². The predicted molar refractivity (Wildman–Crippen MR) is 64.7 cm³/mol. The van der Waals surface area contributed by atoms with Crippen molar-refractivity contribution in [2.24, 2.45) is 5.73 Å². The molecule has 15 heavy (non-hydrogen) atoms. The molecule has 0 aliphatic heterocycles. The number of thiocarbonyl (C=S) groups is 1. The number of ether oxygens (including phenoxy) is 1. The van der Waals surface area contributed by atoms with Crippen molar-refractivity contribution in [3.05, 3.63) is 0 Å². The molecule has 0 saturated carbocycles. The third-order valence-electron chi connectivity index (χ3n) is 2.06. The summed E-state index contributed by atoms with van der Waals surface area (Å²) < 4.78 is 4.87. The van der Waals surface area contributed by atoms with E-state index in [1.807, 2.05) is 6.92 Å². The molecule has 0 spiro atoms. The minimum Gasteiger partial charge on any atom is -0.393 e. The molecule has 1 unspecified atom stereocenters. The molecule has 0 bridgehead atoms. The molecule has 0 aromatic rings. The molecule has 0 aliphatic carbocycles. The average Bonchev–Trinajstić information content (AvgIpc) is 2.16. The molecular formula is C10H20N2O2S. The first-order chi connectivity index (χ1) is 7.10. The molecule has 88 valence electrons.